The Bertz CT molecular complexity index is 1910. The molecule has 0 aliphatic heterocycles. The van der Waals surface area contributed by atoms with Gasteiger partial charge in [0.15, 0.2) is 5.54 Å². The number of aromatic nitrogens is 5. The molecule has 7 rings (SSSR count). The Labute approximate surface area is 249 Å². The summed E-state index contributed by atoms with van der Waals surface area (Å²) in [6.45, 7) is 2.05. The summed E-state index contributed by atoms with van der Waals surface area (Å²) in [4.78, 5) is 6.70. The highest BCUT2D eigenvalue weighted by atomic mass is 35.5. The van der Waals surface area contributed by atoms with Gasteiger partial charge in [0.25, 0.3) is 0 Å². The minimum absolute atomic E-state index is 0.500. The maximum Gasteiger partial charge on any atom is 0.205 e. The lowest BCUT2D eigenvalue weighted by molar-refractivity contribution is 0.396. The molecule has 0 radical (unpaired) electrons. The second kappa shape index (κ2) is 10.7. The minimum atomic E-state index is -0.855. The van der Waals surface area contributed by atoms with Gasteiger partial charge in [-0.05, 0) is 47.0 Å². The SMILES string of the molecule is Cc1ccc2nc(-c3ccccc3-c3nnn(C(c4ccccc4)(c4ccccc4)c4ccccc4)n3)cc(Cl)c2c1. The Balaban J connectivity index is 1.44. The molecule has 6 heteroatoms. The molecule has 0 amide bonds. The van der Waals surface area contributed by atoms with Crippen molar-refractivity contribution in [2.24, 2.45) is 0 Å². The number of fused-ring (bicyclic) bond motifs is 1. The monoisotopic (exact) mass is 563 g/mol. The van der Waals surface area contributed by atoms with Crippen molar-refractivity contribution in [3.8, 4) is 22.6 Å². The number of halogens is 1. The Morgan fingerprint density at radius 2 is 1.17 bits per heavy atom. The highest BCUT2D eigenvalue weighted by Crippen LogP contribution is 2.40. The third-order valence-electron chi connectivity index (χ3n) is 7.65. The van der Waals surface area contributed by atoms with E-state index in [9.17, 15) is 0 Å². The van der Waals surface area contributed by atoms with Gasteiger partial charge >= 0.3 is 0 Å². The number of hydrogen-bond acceptors (Lipinski definition) is 4. The zero-order valence-corrected chi connectivity index (χ0v) is 23.6. The lowest BCUT2D eigenvalue weighted by atomic mass is 9.77. The molecule has 0 atom stereocenters. The van der Waals surface area contributed by atoms with Crippen LogP contribution in [0.4, 0.5) is 0 Å². The van der Waals surface area contributed by atoms with Crippen LogP contribution in [0.5, 0.6) is 0 Å². The van der Waals surface area contributed by atoms with E-state index >= 15 is 0 Å². The largest absolute Gasteiger partial charge is 0.248 e. The molecule has 0 saturated heterocycles. The molecule has 0 bridgehead atoms. The zero-order chi connectivity index (χ0) is 28.5. The maximum absolute atomic E-state index is 6.76. The number of pyridine rings is 1. The van der Waals surface area contributed by atoms with E-state index in [4.69, 9.17) is 26.9 Å². The van der Waals surface area contributed by atoms with Gasteiger partial charge in [-0.1, -0.05) is 138 Å². The summed E-state index contributed by atoms with van der Waals surface area (Å²) in [5.41, 5.74) is 6.65. The van der Waals surface area contributed by atoms with Gasteiger partial charge < -0.3 is 0 Å². The van der Waals surface area contributed by atoms with Crippen LogP contribution in [0.3, 0.4) is 0 Å². The fourth-order valence-corrected chi connectivity index (χ4v) is 5.94. The summed E-state index contributed by atoms with van der Waals surface area (Å²) in [6, 6.07) is 47.0. The average molecular weight is 564 g/mol. The lowest BCUT2D eigenvalue weighted by Gasteiger charge is -2.34. The van der Waals surface area contributed by atoms with Crippen LogP contribution in [0.25, 0.3) is 33.5 Å². The number of hydrogen-bond donors (Lipinski definition) is 0. The second-order valence-corrected chi connectivity index (χ2v) is 10.7. The van der Waals surface area contributed by atoms with E-state index in [1.165, 1.54) is 0 Å². The molecule has 0 aliphatic rings. The molecule has 0 fully saturated rings. The van der Waals surface area contributed by atoms with Crippen molar-refractivity contribution in [2.75, 3.05) is 0 Å². The topological polar surface area (TPSA) is 56.5 Å². The van der Waals surface area contributed by atoms with Crippen molar-refractivity contribution < 1.29 is 0 Å². The molecule has 0 unspecified atom stereocenters. The average Bonchev–Trinajstić information content (AvgIpc) is 3.54. The van der Waals surface area contributed by atoms with E-state index in [-0.39, 0.29) is 0 Å². The molecule has 0 N–H and O–H groups in total. The predicted octanol–water partition coefficient (Wildman–Crippen LogP) is 8.36. The molecule has 7 aromatic rings. The summed E-state index contributed by atoms with van der Waals surface area (Å²) in [5.74, 6) is 0.500. The highest BCUT2D eigenvalue weighted by Gasteiger charge is 2.41. The Hall–Kier alpha value is -5.13. The highest BCUT2D eigenvalue weighted by molar-refractivity contribution is 6.35. The molecule has 0 aliphatic carbocycles. The van der Waals surface area contributed by atoms with Gasteiger partial charge in [0.2, 0.25) is 5.82 Å². The third-order valence-corrected chi connectivity index (χ3v) is 7.96. The van der Waals surface area contributed by atoms with Crippen molar-refractivity contribution in [3.63, 3.8) is 0 Å². The van der Waals surface area contributed by atoms with Crippen LogP contribution >= 0.6 is 11.6 Å². The first-order chi connectivity index (χ1) is 20.6. The Morgan fingerprint density at radius 1 is 0.619 bits per heavy atom. The van der Waals surface area contributed by atoms with Gasteiger partial charge in [-0.2, -0.15) is 0 Å². The van der Waals surface area contributed by atoms with Gasteiger partial charge in [-0.25, -0.2) is 4.98 Å². The van der Waals surface area contributed by atoms with Gasteiger partial charge in [-0.3, -0.25) is 0 Å². The normalized spacial score (nSPS) is 11.6. The van der Waals surface area contributed by atoms with E-state index in [2.05, 4.69) is 47.6 Å². The third kappa shape index (κ3) is 4.35. The summed E-state index contributed by atoms with van der Waals surface area (Å²) in [6.07, 6.45) is 0. The fourth-order valence-electron chi connectivity index (χ4n) is 5.69. The summed E-state index contributed by atoms with van der Waals surface area (Å²) < 4.78 is 0. The number of rotatable bonds is 6. The first-order valence-electron chi connectivity index (χ1n) is 13.8. The molecule has 42 heavy (non-hydrogen) atoms. The summed E-state index contributed by atoms with van der Waals surface area (Å²) in [5, 5.41) is 16.1. The second-order valence-electron chi connectivity index (χ2n) is 10.3. The van der Waals surface area contributed by atoms with Crippen LogP contribution in [0.15, 0.2) is 140 Å². The lowest BCUT2D eigenvalue weighted by Crippen LogP contribution is -2.39. The van der Waals surface area contributed by atoms with E-state index in [0.29, 0.717) is 10.8 Å². The predicted molar refractivity (Wildman–Crippen MR) is 168 cm³/mol. The van der Waals surface area contributed by atoms with Gasteiger partial charge in [0, 0.05) is 16.5 Å². The van der Waals surface area contributed by atoms with E-state index in [0.717, 1.165) is 50.0 Å². The number of aryl methyl sites for hydroxylation is 1. The van der Waals surface area contributed by atoms with Crippen LogP contribution in [-0.2, 0) is 5.54 Å². The minimum Gasteiger partial charge on any atom is -0.248 e. The summed E-state index contributed by atoms with van der Waals surface area (Å²) >= 11 is 6.76. The van der Waals surface area contributed by atoms with Crippen molar-refractivity contribution in [1.82, 2.24) is 25.2 Å². The first-order valence-corrected chi connectivity index (χ1v) is 14.2. The van der Waals surface area contributed by atoms with Gasteiger partial charge in [-0.15, -0.1) is 15.0 Å². The van der Waals surface area contributed by atoms with Crippen LogP contribution in [-0.4, -0.2) is 25.2 Å². The molecule has 2 aromatic heterocycles. The number of benzene rings is 5. The molecule has 2 heterocycles. The van der Waals surface area contributed by atoms with E-state index in [1.807, 2.05) is 104 Å². The van der Waals surface area contributed by atoms with Crippen LogP contribution < -0.4 is 0 Å². The van der Waals surface area contributed by atoms with Crippen molar-refractivity contribution >= 4 is 22.5 Å². The Kier molecular flexibility index (Phi) is 6.57. The fraction of sp³-hybridized carbons (Fsp3) is 0.0556. The van der Waals surface area contributed by atoms with Crippen LogP contribution in [0.2, 0.25) is 5.02 Å². The molecular weight excluding hydrogens is 538 g/mol. The number of nitrogens with zero attached hydrogens (tertiary/aromatic N) is 5. The first kappa shape index (κ1) is 25.8. The van der Waals surface area contributed by atoms with E-state index in [1.54, 1.807) is 4.80 Å². The van der Waals surface area contributed by atoms with Crippen LogP contribution in [0, 0.1) is 6.92 Å². The van der Waals surface area contributed by atoms with Crippen molar-refractivity contribution in [2.45, 2.75) is 12.5 Å². The van der Waals surface area contributed by atoms with Crippen molar-refractivity contribution in [3.05, 3.63) is 167 Å². The standard InChI is InChI=1S/C36H26ClN5/c1-25-21-22-33-31(23-25)32(37)24-34(38-33)29-19-11-12-20-30(29)35-39-41-42(40-35)36(26-13-5-2-6-14-26,27-15-7-3-8-16-27)28-17-9-4-10-18-28/h2-24H,1H3. The molecule has 5 nitrogen and oxygen atoms in total. The molecular formula is C36H26ClN5. The summed E-state index contributed by atoms with van der Waals surface area (Å²) in [7, 11) is 0. The smallest absolute Gasteiger partial charge is 0.205 e. The molecule has 0 saturated carbocycles. The van der Waals surface area contributed by atoms with Gasteiger partial charge in [0.05, 0.1) is 16.2 Å². The zero-order valence-electron chi connectivity index (χ0n) is 22.9. The maximum atomic E-state index is 6.76. The molecule has 202 valence electrons. The molecule has 0 spiro atoms. The van der Waals surface area contributed by atoms with Gasteiger partial charge in [0.1, 0.15) is 0 Å². The number of tetrazole rings is 1. The van der Waals surface area contributed by atoms with Crippen LogP contribution in [0.1, 0.15) is 22.3 Å². The van der Waals surface area contributed by atoms with Crippen molar-refractivity contribution in [1.29, 1.82) is 0 Å². The quantitative estimate of drug-likeness (QED) is 0.191. The molecule has 5 aromatic carbocycles. The Morgan fingerprint density at radius 3 is 1.76 bits per heavy atom. The van der Waals surface area contributed by atoms with E-state index < -0.39 is 5.54 Å².